The number of esters is 1. The summed E-state index contributed by atoms with van der Waals surface area (Å²) in [7, 11) is 0. The first-order valence-electron chi connectivity index (χ1n) is 9.19. The normalized spacial score (nSPS) is 26.7. The van der Waals surface area contributed by atoms with Crippen LogP contribution in [0.3, 0.4) is 0 Å². The van der Waals surface area contributed by atoms with Crippen LogP contribution in [-0.4, -0.2) is 31.3 Å². The third-order valence-electron chi connectivity index (χ3n) is 4.92. The van der Waals surface area contributed by atoms with Crippen LogP contribution in [0.5, 0.6) is 0 Å². The van der Waals surface area contributed by atoms with Gasteiger partial charge in [-0.25, -0.2) is 0 Å². The Balaban J connectivity index is 0.00000338. The van der Waals surface area contributed by atoms with Crippen molar-refractivity contribution in [2.75, 3.05) is 13.2 Å². The van der Waals surface area contributed by atoms with Gasteiger partial charge >= 0.3 is 5.97 Å². The zero-order valence-electron chi connectivity index (χ0n) is 15.9. The minimum absolute atomic E-state index is 0. The van der Waals surface area contributed by atoms with Crippen LogP contribution in [0.1, 0.15) is 38.7 Å². The summed E-state index contributed by atoms with van der Waals surface area (Å²) in [5.74, 6) is 0.173. The number of carbonyl (C=O) groups is 1. The molecule has 0 saturated carbocycles. The quantitative estimate of drug-likeness (QED) is 0.599. The van der Waals surface area contributed by atoms with Crippen LogP contribution < -0.4 is 5.73 Å². The molecule has 0 unspecified atom stereocenters. The summed E-state index contributed by atoms with van der Waals surface area (Å²) in [6.07, 6.45) is 3.76. The molecule has 0 radical (unpaired) electrons. The summed E-state index contributed by atoms with van der Waals surface area (Å²) >= 11 is 0. The molecule has 1 fully saturated rings. The number of halogens is 1. The Labute approximate surface area is 163 Å². The monoisotopic (exact) mass is 381 g/mol. The molecule has 4 atom stereocenters. The summed E-state index contributed by atoms with van der Waals surface area (Å²) in [5, 5.41) is 0. The molecule has 0 aromatic heterocycles. The lowest BCUT2D eigenvalue weighted by atomic mass is 9.80. The number of benzene rings is 1. The number of hydrogen-bond donors (Lipinski definition) is 1. The van der Waals surface area contributed by atoms with Crippen molar-refractivity contribution in [1.29, 1.82) is 0 Å². The first kappa shape index (κ1) is 22.7. The molecule has 1 aliphatic rings. The number of allylic oxidation sites excluding steroid dienone is 1. The van der Waals surface area contributed by atoms with Crippen LogP contribution in [0, 0.1) is 11.8 Å². The van der Waals surface area contributed by atoms with E-state index in [1.165, 1.54) is 11.1 Å². The number of carbonyl (C=O) groups excluding carboxylic acids is 1. The molecule has 1 heterocycles. The first-order chi connectivity index (χ1) is 12.0. The summed E-state index contributed by atoms with van der Waals surface area (Å²) in [5.41, 5.74) is 8.32. The third kappa shape index (κ3) is 7.10. The highest BCUT2D eigenvalue weighted by atomic mass is 35.5. The van der Waals surface area contributed by atoms with Gasteiger partial charge in [0.2, 0.25) is 0 Å². The summed E-state index contributed by atoms with van der Waals surface area (Å²) < 4.78 is 11.4. The van der Waals surface area contributed by atoms with E-state index in [-0.39, 0.29) is 37.0 Å². The van der Waals surface area contributed by atoms with Crippen molar-refractivity contribution in [2.45, 2.75) is 51.7 Å². The van der Waals surface area contributed by atoms with Gasteiger partial charge in [0.25, 0.3) is 0 Å². The Hall–Kier alpha value is -1.36. The fourth-order valence-corrected chi connectivity index (χ4v) is 3.52. The van der Waals surface area contributed by atoms with E-state index < -0.39 is 6.04 Å². The van der Waals surface area contributed by atoms with Gasteiger partial charge in [-0.3, -0.25) is 4.79 Å². The minimum Gasteiger partial charge on any atom is -0.461 e. The van der Waals surface area contributed by atoms with E-state index in [2.05, 4.69) is 37.8 Å². The molecule has 0 bridgehead atoms. The van der Waals surface area contributed by atoms with Gasteiger partial charge in [-0.05, 0) is 51.0 Å². The second-order valence-electron chi connectivity index (χ2n) is 7.25. The number of nitrogens with two attached hydrogens (primary N) is 1. The standard InChI is InChI=1S/C21H31NO3.ClH/c1-15(2)8-7-11-19-16(3)25-21(23)20(22)14-24-13-18(19)12-17-9-5-4-6-10-17;/h4-6,9-10,16,18-20H,1,7-8,11-14,22H2,2-3H3;1H/t16-,18-,19-,20-;/m0./s1. The molecule has 1 aromatic rings. The van der Waals surface area contributed by atoms with Gasteiger partial charge in [0.1, 0.15) is 12.1 Å². The van der Waals surface area contributed by atoms with Gasteiger partial charge in [-0.1, -0.05) is 35.9 Å². The van der Waals surface area contributed by atoms with Crippen molar-refractivity contribution in [2.24, 2.45) is 17.6 Å². The van der Waals surface area contributed by atoms with Crippen molar-refractivity contribution in [3.05, 3.63) is 48.0 Å². The van der Waals surface area contributed by atoms with Gasteiger partial charge < -0.3 is 15.2 Å². The van der Waals surface area contributed by atoms with Gasteiger partial charge in [-0.2, -0.15) is 0 Å². The highest BCUT2D eigenvalue weighted by Gasteiger charge is 2.32. The van der Waals surface area contributed by atoms with E-state index >= 15 is 0 Å². The van der Waals surface area contributed by atoms with E-state index in [4.69, 9.17) is 15.2 Å². The lowest BCUT2D eigenvalue weighted by Gasteiger charge is -2.31. The maximum atomic E-state index is 12.1. The largest absolute Gasteiger partial charge is 0.461 e. The van der Waals surface area contributed by atoms with Crippen molar-refractivity contribution in [3.63, 3.8) is 0 Å². The molecule has 0 amide bonds. The van der Waals surface area contributed by atoms with Crippen LogP contribution in [0.2, 0.25) is 0 Å². The Morgan fingerprint density at radius 1 is 1.27 bits per heavy atom. The van der Waals surface area contributed by atoms with E-state index in [1.54, 1.807) is 0 Å². The SMILES string of the molecule is C=C(C)CCC[C@@H]1[C@@H](Cc2ccccc2)COC[C@H](N)C(=O)O[C@H]1C.Cl. The predicted octanol–water partition coefficient (Wildman–Crippen LogP) is 3.92. The molecule has 5 heteroatoms. The van der Waals surface area contributed by atoms with Crippen LogP contribution in [0.15, 0.2) is 42.5 Å². The molecular weight excluding hydrogens is 350 g/mol. The van der Waals surface area contributed by atoms with Gasteiger partial charge in [-0.15, -0.1) is 19.0 Å². The number of cyclic esters (lactones) is 1. The van der Waals surface area contributed by atoms with Crippen molar-refractivity contribution < 1.29 is 14.3 Å². The smallest absolute Gasteiger partial charge is 0.325 e. The molecule has 1 aromatic carbocycles. The van der Waals surface area contributed by atoms with Crippen molar-refractivity contribution in [1.82, 2.24) is 0 Å². The van der Waals surface area contributed by atoms with E-state index in [0.29, 0.717) is 12.5 Å². The second kappa shape index (κ2) is 11.4. The lowest BCUT2D eigenvalue weighted by Crippen LogP contribution is -2.38. The van der Waals surface area contributed by atoms with Crippen LogP contribution >= 0.6 is 12.4 Å². The molecule has 0 spiro atoms. The Morgan fingerprint density at radius 3 is 2.62 bits per heavy atom. The fraction of sp³-hybridized carbons (Fsp3) is 0.571. The fourth-order valence-electron chi connectivity index (χ4n) is 3.52. The van der Waals surface area contributed by atoms with E-state index in [0.717, 1.165) is 25.7 Å². The van der Waals surface area contributed by atoms with Crippen LogP contribution in [0.4, 0.5) is 0 Å². The Morgan fingerprint density at radius 2 is 1.96 bits per heavy atom. The summed E-state index contributed by atoms with van der Waals surface area (Å²) in [6.45, 7) is 8.84. The summed E-state index contributed by atoms with van der Waals surface area (Å²) in [6, 6.07) is 9.72. The average molecular weight is 382 g/mol. The third-order valence-corrected chi connectivity index (χ3v) is 4.92. The molecule has 0 aliphatic carbocycles. The first-order valence-corrected chi connectivity index (χ1v) is 9.19. The maximum Gasteiger partial charge on any atom is 0.325 e. The number of hydrogen-bond acceptors (Lipinski definition) is 4. The second-order valence-corrected chi connectivity index (χ2v) is 7.25. The average Bonchev–Trinajstić information content (AvgIpc) is 2.61. The zero-order valence-corrected chi connectivity index (χ0v) is 16.7. The molecule has 1 aliphatic heterocycles. The molecule has 2 N–H and O–H groups in total. The zero-order chi connectivity index (χ0) is 18.2. The van der Waals surface area contributed by atoms with Gasteiger partial charge in [0, 0.05) is 5.92 Å². The topological polar surface area (TPSA) is 61.5 Å². The Bertz CT molecular complexity index is 564. The lowest BCUT2D eigenvalue weighted by molar-refractivity contribution is -0.153. The van der Waals surface area contributed by atoms with Crippen molar-refractivity contribution >= 4 is 18.4 Å². The Kier molecular flexibility index (Phi) is 9.92. The molecule has 26 heavy (non-hydrogen) atoms. The molecule has 4 nitrogen and oxygen atoms in total. The number of ether oxygens (including phenoxy) is 2. The highest BCUT2D eigenvalue weighted by molar-refractivity contribution is 5.85. The molecular formula is C21H32ClNO3. The van der Waals surface area contributed by atoms with Crippen molar-refractivity contribution in [3.8, 4) is 0 Å². The van der Waals surface area contributed by atoms with Crippen LogP contribution in [0.25, 0.3) is 0 Å². The predicted molar refractivity (Wildman–Crippen MR) is 107 cm³/mol. The number of rotatable bonds is 6. The van der Waals surface area contributed by atoms with E-state index in [9.17, 15) is 4.79 Å². The van der Waals surface area contributed by atoms with Gasteiger partial charge in [0.15, 0.2) is 0 Å². The van der Waals surface area contributed by atoms with E-state index in [1.807, 2.05) is 13.0 Å². The molecule has 146 valence electrons. The summed E-state index contributed by atoms with van der Waals surface area (Å²) in [4.78, 5) is 12.1. The van der Waals surface area contributed by atoms with Gasteiger partial charge in [0.05, 0.1) is 13.2 Å². The maximum absolute atomic E-state index is 12.1. The minimum atomic E-state index is -0.700. The molecule has 1 saturated heterocycles. The highest BCUT2D eigenvalue weighted by Crippen LogP contribution is 2.29. The molecule has 2 rings (SSSR count). The van der Waals surface area contributed by atoms with Crippen LogP contribution in [-0.2, 0) is 20.7 Å².